The number of hydrogen-bond donors (Lipinski definition) is 2. The lowest BCUT2D eigenvalue weighted by atomic mass is 9.86. The van der Waals surface area contributed by atoms with Gasteiger partial charge in [-0.1, -0.05) is 12.1 Å². The topological polar surface area (TPSA) is 82.6 Å². The number of amides is 1. The Kier molecular flexibility index (Phi) is 8.54. The minimum atomic E-state index is 0.0365. The fourth-order valence-electron chi connectivity index (χ4n) is 5.66. The lowest BCUT2D eigenvalue weighted by Crippen LogP contribution is -2.29. The Hall–Kier alpha value is -3.65. The lowest BCUT2D eigenvalue weighted by molar-refractivity contribution is 0.0794. The second kappa shape index (κ2) is 12.3. The van der Waals surface area contributed by atoms with E-state index in [1.54, 1.807) is 6.20 Å². The number of nitrogens with zero attached hydrogens (tertiary/aromatic N) is 4. The van der Waals surface area contributed by atoms with Gasteiger partial charge < -0.3 is 25.2 Å². The molecule has 0 atom stereocenters. The van der Waals surface area contributed by atoms with Crippen LogP contribution >= 0.6 is 0 Å². The monoisotopic (exact) mass is 542 g/mol. The number of likely N-dealkylation sites (tertiary alicyclic amines) is 2. The molecule has 212 valence electrons. The molecule has 3 heterocycles. The summed E-state index contributed by atoms with van der Waals surface area (Å²) < 4.78 is 6.28. The zero-order chi connectivity index (χ0) is 28.2. The maximum atomic E-state index is 13.2. The molecule has 0 bridgehead atoms. The van der Waals surface area contributed by atoms with E-state index in [9.17, 15) is 4.79 Å². The number of carbonyl (C=O) groups excluding carboxylic acids is 1. The largest absolute Gasteiger partial charge is 0.489 e. The summed E-state index contributed by atoms with van der Waals surface area (Å²) in [6.45, 7) is 12.1. The summed E-state index contributed by atoms with van der Waals surface area (Å²) in [6.07, 6.45) is 6.26. The van der Waals surface area contributed by atoms with E-state index in [1.165, 1.54) is 11.1 Å². The van der Waals surface area contributed by atoms with Crippen LogP contribution < -0.4 is 15.4 Å². The summed E-state index contributed by atoms with van der Waals surface area (Å²) in [5.41, 5.74) is 5.75. The average molecular weight is 543 g/mol. The van der Waals surface area contributed by atoms with Crippen LogP contribution in [0.4, 0.5) is 23.1 Å². The third-order valence-electron chi connectivity index (χ3n) is 7.91. The predicted octanol–water partition coefficient (Wildman–Crippen LogP) is 6.41. The van der Waals surface area contributed by atoms with Gasteiger partial charge in [-0.05, 0) is 115 Å². The Morgan fingerprint density at radius 1 is 0.975 bits per heavy atom. The third-order valence-corrected chi connectivity index (χ3v) is 7.91. The number of anilines is 4. The standard InChI is InChI=1S/C32H42N6O2/c1-21(2)40-29-19-26(24-12-16-37(5)17-13-24)22(3)18-28(29)35-32-33-20-23(4)30(36-32)34-27-11-7-6-10-25(27)31(39)38-14-8-9-15-38/h6-7,10-11,18-21,24H,8-9,12-17H2,1-5H3,(H2,33,34,35,36). The molecule has 0 radical (unpaired) electrons. The Morgan fingerprint density at radius 3 is 2.42 bits per heavy atom. The Labute approximate surface area is 238 Å². The van der Waals surface area contributed by atoms with Gasteiger partial charge in [-0.15, -0.1) is 0 Å². The van der Waals surface area contributed by atoms with Crippen LogP contribution in [0.3, 0.4) is 0 Å². The summed E-state index contributed by atoms with van der Waals surface area (Å²) in [5.74, 6) is 2.53. The van der Waals surface area contributed by atoms with Crippen molar-refractivity contribution in [3.8, 4) is 5.75 Å². The molecule has 0 saturated carbocycles. The number of piperidine rings is 1. The quantitative estimate of drug-likeness (QED) is 0.340. The van der Waals surface area contributed by atoms with Gasteiger partial charge in [0.05, 0.1) is 23.0 Å². The maximum absolute atomic E-state index is 13.2. The van der Waals surface area contributed by atoms with Crippen molar-refractivity contribution in [1.29, 1.82) is 0 Å². The Morgan fingerprint density at radius 2 is 1.70 bits per heavy atom. The van der Waals surface area contributed by atoms with Crippen molar-refractivity contribution in [2.75, 3.05) is 43.9 Å². The van der Waals surface area contributed by atoms with E-state index in [1.807, 2.05) is 49.9 Å². The number of hydrogen-bond acceptors (Lipinski definition) is 7. The molecule has 2 N–H and O–H groups in total. The normalized spacial score (nSPS) is 16.4. The SMILES string of the molecule is Cc1cc(Nc2ncc(C)c(Nc3ccccc3C(=O)N3CCCC3)n2)c(OC(C)C)cc1C1CCN(C)CC1. The molecule has 1 amide bonds. The fraction of sp³-hybridized carbons (Fsp3) is 0.469. The highest BCUT2D eigenvalue weighted by atomic mass is 16.5. The summed E-state index contributed by atoms with van der Waals surface area (Å²) >= 11 is 0. The van der Waals surface area contributed by atoms with Gasteiger partial charge in [-0.25, -0.2) is 4.98 Å². The maximum Gasteiger partial charge on any atom is 0.255 e. The number of ether oxygens (including phenoxy) is 1. The van der Waals surface area contributed by atoms with E-state index >= 15 is 0 Å². The molecule has 2 aromatic carbocycles. The minimum Gasteiger partial charge on any atom is -0.489 e. The molecule has 8 heteroatoms. The number of aryl methyl sites for hydroxylation is 2. The number of rotatable bonds is 8. The van der Waals surface area contributed by atoms with Gasteiger partial charge in [0.2, 0.25) is 5.95 Å². The molecule has 0 aliphatic carbocycles. The molecule has 0 spiro atoms. The van der Waals surface area contributed by atoms with Gasteiger partial charge in [0, 0.05) is 24.8 Å². The second-order valence-corrected chi connectivity index (χ2v) is 11.5. The molecule has 2 aliphatic rings. The first-order chi connectivity index (χ1) is 19.3. The molecule has 1 aromatic heterocycles. The van der Waals surface area contributed by atoms with Crippen LogP contribution in [0, 0.1) is 13.8 Å². The van der Waals surface area contributed by atoms with Crippen molar-refractivity contribution in [2.45, 2.75) is 65.4 Å². The first-order valence-corrected chi connectivity index (χ1v) is 14.5. The van der Waals surface area contributed by atoms with E-state index in [0.29, 0.717) is 23.2 Å². The fourth-order valence-corrected chi connectivity index (χ4v) is 5.66. The molecule has 3 aromatic rings. The van der Waals surface area contributed by atoms with Crippen molar-refractivity contribution >= 4 is 29.0 Å². The molecule has 2 saturated heterocycles. The Balaban J connectivity index is 1.41. The van der Waals surface area contributed by atoms with Crippen LogP contribution in [0.1, 0.15) is 72.5 Å². The minimum absolute atomic E-state index is 0.0365. The van der Waals surface area contributed by atoms with Crippen LogP contribution in [0.2, 0.25) is 0 Å². The van der Waals surface area contributed by atoms with E-state index in [4.69, 9.17) is 9.72 Å². The van der Waals surface area contributed by atoms with E-state index in [-0.39, 0.29) is 12.0 Å². The first-order valence-electron chi connectivity index (χ1n) is 14.5. The van der Waals surface area contributed by atoms with Gasteiger partial charge in [0.25, 0.3) is 5.91 Å². The van der Waals surface area contributed by atoms with Crippen molar-refractivity contribution in [2.24, 2.45) is 0 Å². The molecule has 8 nitrogen and oxygen atoms in total. The van der Waals surface area contributed by atoms with Gasteiger partial charge >= 0.3 is 0 Å². The summed E-state index contributed by atoms with van der Waals surface area (Å²) in [5, 5.41) is 6.83. The number of aromatic nitrogens is 2. The van der Waals surface area contributed by atoms with Crippen molar-refractivity contribution in [3.05, 3.63) is 64.8 Å². The third kappa shape index (κ3) is 6.39. The summed E-state index contributed by atoms with van der Waals surface area (Å²) in [7, 11) is 2.19. The molecule has 0 unspecified atom stereocenters. The molecule has 5 rings (SSSR count). The number of carbonyl (C=O) groups is 1. The van der Waals surface area contributed by atoms with Gasteiger partial charge in [0.1, 0.15) is 11.6 Å². The van der Waals surface area contributed by atoms with Crippen molar-refractivity contribution < 1.29 is 9.53 Å². The van der Waals surface area contributed by atoms with E-state index in [0.717, 1.165) is 74.6 Å². The molecular weight excluding hydrogens is 500 g/mol. The number of para-hydroxylation sites is 1. The van der Waals surface area contributed by atoms with Crippen LogP contribution in [0.5, 0.6) is 5.75 Å². The zero-order valence-corrected chi connectivity index (χ0v) is 24.5. The lowest BCUT2D eigenvalue weighted by Gasteiger charge is -2.30. The van der Waals surface area contributed by atoms with Gasteiger partial charge in [0.15, 0.2) is 0 Å². The van der Waals surface area contributed by atoms with Crippen LogP contribution in [-0.2, 0) is 0 Å². The van der Waals surface area contributed by atoms with Crippen molar-refractivity contribution in [1.82, 2.24) is 19.8 Å². The van der Waals surface area contributed by atoms with Crippen molar-refractivity contribution in [3.63, 3.8) is 0 Å². The Bertz CT molecular complexity index is 1340. The van der Waals surface area contributed by atoms with Crippen LogP contribution in [0.15, 0.2) is 42.6 Å². The molecule has 2 aliphatic heterocycles. The number of nitrogens with one attached hydrogen (secondary N) is 2. The molecular formula is C32H42N6O2. The van der Waals surface area contributed by atoms with Gasteiger partial charge in [-0.2, -0.15) is 4.98 Å². The summed E-state index contributed by atoms with van der Waals surface area (Å²) in [6, 6.07) is 12.0. The van der Waals surface area contributed by atoms with Crippen LogP contribution in [-0.4, -0.2) is 65.0 Å². The molecule has 2 fully saturated rings. The smallest absolute Gasteiger partial charge is 0.255 e. The van der Waals surface area contributed by atoms with E-state index < -0.39 is 0 Å². The highest BCUT2D eigenvalue weighted by Gasteiger charge is 2.24. The highest BCUT2D eigenvalue weighted by Crippen LogP contribution is 2.38. The second-order valence-electron chi connectivity index (χ2n) is 11.5. The molecule has 40 heavy (non-hydrogen) atoms. The zero-order valence-electron chi connectivity index (χ0n) is 24.5. The first kappa shape index (κ1) is 27.9. The number of benzene rings is 2. The highest BCUT2D eigenvalue weighted by molar-refractivity contribution is 6.00. The average Bonchev–Trinajstić information content (AvgIpc) is 3.47. The predicted molar refractivity (Wildman–Crippen MR) is 161 cm³/mol. The van der Waals surface area contributed by atoms with Crippen LogP contribution in [0.25, 0.3) is 0 Å². The van der Waals surface area contributed by atoms with E-state index in [2.05, 4.69) is 46.6 Å². The summed E-state index contributed by atoms with van der Waals surface area (Å²) in [4.78, 5) is 26.9. The van der Waals surface area contributed by atoms with Gasteiger partial charge in [-0.3, -0.25) is 4.79 Å².